The number of aliphatic hydroxyl groups is 1. The summed E-state index contributed by atoms with van der Waals surface area (Å²) in [5.74, 6) is 0.259. The predicted octanol–water partition coefficient (Wildman–Crippen LogP) is 1.28. The lowest BCUT2D eigenvalue weighted by Gasteiger charge is -2.36. The van der Waals surface area contributed by atoms with Crippen LogP contribution < -0.4 is 4.90 Å². The maximum Gasteiger partial charge on any atom is 0.433 e. The molecule has 0 spiro atoms. The molecule has 0 aromatic carbocycles. The van der Waals surface area contributed by atoms with E-state index >= 15 is 0 Å². The van der Waals surface area contributed by atoms with Crippen LogP contribution in [0.15, 0.2) is 18.2 Å². The predicted molar refractivity (Wildman–Crippen MR) is 47.5 cm³/mol. The molecular formula is C9H9F3N2O. The average molecular weight is 218 g/mol. The zero-order valence-corrected chi connectivity index (χ0v) is 7.70. The van der Waals surface area contributed by atoms with Crippen molar-refractivity contribution in [2.45, 2.75) is 12.3 Å². The first-order valence-electron chi connectivity index (χ1n) is 4.44. The van der Waals surface area contributed by atoms with Crippen molar-refractivity contribution in [2.24, 2.45) is 0 Å². The fourth-order valence-electron chi connectivity index (χ4n) is 1.40. The quantitative estimate of drug-likeness (QED) is 0.771. The number of pyridine rings is 1. The van der Waals surface area contributed by atoms with E-state index < -0.39 is 18.0 Å². The Morgan fingerprint density at radius 3 is 2.53 bits per heavy atom. The van der Waals surface area contributed by atoms with Crippen LogP contribution in [0.4, 0.5) is 19.0 Å². The molecule has 0 atom stereocenters. The monoisotopic (exact) mass is 218 g/mol. The summed E-state index contributed by atoms with van der Waals surface area (Å²) in [5, 5.41) is 9.02. The Kier molecular flexibility index (Phi) is 2.30. The number of aliphatic hydroxyl groups excluding tert-OH is 1. The van der Waals surface area contributed by atoms with Gasteiger partial charge in [0.1, 0.15) is 11.5 Å². The van der Waals surface area contributed by atoms with Crippen LogP contribution in [0, 0.1) is 0 Å². The largest absolute Gasteiger partial charge is 0.433 e. The van der Waals surface area contributed by atoms with Crippen molar-refractivity contribution in [3.8, 4) is 0 Å². The average Bonchev–Trinajstić information content (AvgIpc) is 2.12. The van der Waals surface area contributed by atoms with E-state index in [1.54, 1.807) is 4.90 Å². The van der Waals surface area contributed by atoms with Crippen molar-refractivity contribution in [3.05, 3.63) is 23.9 Å². The van der Waals surface area contributed by atoms with Crippen LogP contribution in [-0.2, 0) is 6.18 Å². The number of aromatic nitrogens is 1. The molecule has 1 saturated heterocycles. The number of hydrogen-bond acceptors (Lipinski definition) is 3. The topological polar surface area (TPSA) is 36.4 Å². The van der Waals surface area contributed by atoms with E-state index in [9.17, 15) is 13.2 Å². The summed E-state index contributed by atoms with van der Waals surface area (Å²) in [6.07, 6.45) is -4.87. The molecule has 0 amide bonds. The van der Waals surface area contributed by atoms with Gasteiger partial charge >= 0.3 is 6.18 Å². The van der Waals surface area contributed by atoms with Crippen LogP contribution in [0.3, 0.4) is 0 Å². The van der Waals surface area contributed by atoms with Gasteiger partial charge in [-0.3, -0.25) is 0 Å². The maximum absolute atomic E-state index is 12.3. The Morgan fingerprint density at radius 2 is 2.00 bits per heavy atom. The highest BCUT2D eigenvalue weighted by molar-refractivity contribution is 5.43. The summed E-state index contributed by atoms with van der Waals surface area (Å²) in [4.78, 5) is 5.09. The molecule has 1 fully saturated rings. The second-order valence-corrected chi connectivity index (χ2v) is 3.44. The van der Waals surface area contributed by atoms with Crippen molar-refractivity contribution in [2.75, 3.05) is 18.0 Å². The second-order valence-electron chi connectivity index (χ2n) is 3.44. The van der Waals surface area contributed by atoms with Crippen molar-refractivity contribution in [1.29, 1.82) is 0 Å². The lowest BCUT2D eigenvalue weighted by atomic mass is 10.1. The van der Waals surface area contributed by atoms with Gasteiger partial charge < -0.3 is 10.0 Å². The van der Waals surface area contributed by atoms with E-state index in [4.69, 9.17) is 5.11 Å². The highest BCUT2D eigenvalue weighted by Crippen LogP contribution is 2.29. The molecule has 82 valence electrons. The standard InChI is InChI=1S/C9H9F3N2O/c10-9(11,12)7-2-1-3-8(13-7)14-4-6(15)5-14/h1-3,6,15H,4-5H2. The number of hydrogen-bond donors (Lipinski definition) is 1. The van der Waals surface area contributed by atoms with E-state index in [1.165, 1.54) is 12.1 Å². The molecule has 15 heavy (non-hydrogen) atoms. The highest BCUT2D eigenvalue weighted by atomic mass is 19.4. The third-order valence-corrected chi connectivity index (χ3v) is 2.21. The Morgan fingerprint density at radius 1 is 1.33 bits per heavy atom. The second kappa shape index (κ2) is 3.37. The Bertz CT molecular complexity index is 361. The molecule has 0 aliphatic carbocycles. The minimum absolute atomic E-state index is 0.259. The summed E-state index contributed by atoms with van der Waals surface area (Å²) in [5.41, 5.74) is -0.901. The molecule has 1 aliphatic heterocycles. The summed E-state index contributed by atoms with van der Waals surface area (Å²) < 4.78 is 36.9. The highest BCUT2D eigenvalue weighted by Gasteiger charge is 2.34. The van der Waals surface area contributed by atoms with Gasteiger partial charge in [-0.2, -0.15) is 13.2 Å². The normalized spacial score (nSPS) is 17.7. The van der Waals surface area contributed by atoms with Crippen molar-refractivity contribution < 1.29 is 18.3 Å². The van der Waals surface area contributed by atoms with Gasteiger partial charge in [-0.05, 0) is 12.1 Å². The van der Waals surface area contributed by atoms with Gasteiger partial charge in [0, 0.05) is 13.1 Å². The molecule has 3 nitrogen and oxygen atoms in total. The maximum atomic E-state index is 12.3. The number of rotatable bonds is 1. The van der Waals surface area contributed by atoms with Gasteiger partial charge in [0.15, 0.2) is 0 Å². The molecule has 0 saturated carbocycles. The lowest BCUT2D eigenvalue weighted by molar-refractivity contribution is -0.141. The van der Waals surface area contributed by atoms with Gasteiger partial charge in [0.25, 0.3) is 0 Å². The summed E-state index contributed by atoms with van der Waals surface area (Å²) >= 11 is 0. The van der Waals surface area contributed by atoms with Crippen LogP contribution in [0.2, 0.25) is 0 Å². The minimum atomic E-state index is -4.42. The first kappa shape index (κ1) is 10.2. The minimum Gasteiger partial charge on any atom is -0.389 e. The first-order valence-corrected chi connectivity index (χ1v) is 4.44. The molecule has 1 aromatic rings. The Hall–Kier alpha value is -1.30. The van der Waals surface area contributed by atoms with Crippen molar-refractivity contribution in [1.82, 2.24) is 4.98 Å². The molecule has 6 heteroatoms. The van der Waals surface area contributed by atoms with Crippen LogP contribution in [0.1, 0.15) is 5.69 Å². The van der Waals surface area contributed by atoms with Crippen LogP contribution in [-0.4, -0.2) is 29.3 Å². The molecule has 0 bridgehead atoms. The molecule has 0 radical (unpaired) electrons. The molecule has 1 aromatic heterocycles. The number of halogens is 3. The summed E-state index contributed by atoms with van der Waals surface area (Å²) in [6, 6.07) is 3.75. The van der Waals surface area contributed by atoms with Crippen molar-refractivity contribution >= 4 is 5.82 Å². The van der Waals surface area contributed by atoms with Gasteiger partial charge in [-0.15, -0.1) is 0 Å². The third kappa shape index (κ3) is 2.04. The SMILES string of the molecule is OC1CN(c2cccc(C(F)(F)F)n2)C1. The first-order chi connectivity index (χ1) is 6.97. The van der Waals surface area contributed by atoms with Crippen LogP contribution in [0.25, 0.3) is 0 Å². The van der Waals surface area contributed by atoms with E-state index in [2.05, 4.69) is 4.98 Å². The number of nitrogens with zero attached hydrogens (tertiary/aromatic N) is 2. The lowest BCUT2D eigenvalue weighted by Crippen LogP contribution is -2.51. The number of β-amino-alcohol motifs (C(OH)–C–C–N with tert-alkyl or cyclic N) is 1. The van der Waals surface area contributed by atoms with Crippen molar-refractivity contribution in [3.63, 3.8) is 0 Å². The van der Waals surface area contributed by atoms with Gasteiger partial charge in [0.05, 0.1) is 6.10 Å². The Balaban J connectivity index is 2.20. The third-order valence-electron chi connectivity index (χ3n) is 2.21. The number of anilines is 1. The summed E-state index contributed by atoms with van der Waals surface area (Å²) in [7, 11) is 0. The zero-order valence-electron chi connectivity index (χ0n) is 7.70. The molecule has 2 rings (SSSR count). The van der Waals surface area contributed by atoms with E-state index in [1.807, 2.05) is 0 Å². The zero-order chi connectivity index (χ0) is 11.1. The fraction of sp³-hybridized carbons (Fsp3) is 0.444. The van der Waals surface area contributed by atoms with Gasteiger partial charge in [-0.25, -0.2) is 4.98 Å². The molecule has 1 N–H and O–H groups in total. The van der Waals surface area contributed by atoms with Crippen LogP contribution in [0.5, 0.6) is 0 Å². The Labute approximate surface area is 84.2 Å². The van der Waals surface area contributed by atoms with E-state index in [0.29, 0.717) is 13.1 Å². The molecular weight excluding hydrogens is 209 g/mol. The van der Waals surface area contributed by atoms with Crippen LogP contribution >= 0.6 is 0 Å². The summed E-state index contributed by atoms with van der Waals surface area (Å²) in [6.45, 7) is 0.683. The van der Waals surface area contributed by atoms with E-state index in [-0.39, 0.29) is 5.82 Å². The van der Waals surface area contributed by atoms with Gasteiger partial charge in [0.2, 0.25) is 0 Å². The molecule has 2 heterocycles. The van der Waals surface area contributed by atoms with E-state index in [0.717, 1.165) is 6.07 Å². The fourth-order valence-corrected chi connectivity index (χ4v) is 1.40. The number of alkyl halides is 3. The molecule has 0 unspecified atom stereocenters. The van der Waals surface area contributed by atoms with Gasteiger partial charge in [-0.1, -0.05) is 6.07 Å². The smallest absolute Gasteiger partial charge is 0.389 e. The molecule has 1 aliphatic rings.